The molecule has 4 heteroatoms. The lowest BCUT2D eigenvalue weighted by atomic mass is 9.78. The predicted octanol–water partition coefficient (Wildman–Crippen LogP) is 3.89. The van der Waals surface area contributed by atoms with Gasteiger partial charge in [0.2, 0.25) is 0 Å². The summed E-state index contributed by atoms with van der Waals surface area (Å²) in [5.74, 6) is 0.625. The smallest absolute Gasteiger partial charge is 0.314 e. The Labute approximate surface area is 95.8 Å². The number of hydrogen-bond acceptors (Lipinski definition) is 1. The zero-order valence-electron chi connectivity index (χ0n) is 9.95. The topological polar surface area (TPSA) is 12.0 Å². The van der Waals surface area contributed by atoms with Crippen molar-refractivity contribution in [2.24, 2.45) is 5.92 Å². The van der Waals surface area contributed by atoms with Crippen molar-refractivity contribution in [3.8, 4) is 0 Å². The monoisotopic (exact) mass is 237 g/mol. The molecule has 1 unspecified atom stereocenters. The maximum Gasteiger partial charge on any atom is 0.389 e. The highest BCUT2D eigenvalue weighted by Crippen LogP contribution is 2.32. The molecule has 16 heavy (non-hydrogen) atoms. The molecule has 96 valence electrons. The first-order chi connectivity index (χ1) is 7.53. The summed E-state index contributed by atoms with van der Waals surface area (Å²) in [6, 6.07) is 0.316. The summed E-state index contributed by atoms with van der Waals surface area (Å²) in [6.07, 6.45) is 0.974. The lowest BCUT2D eigenvalue weighted by Gasteiger charge is -2.34. The third-order valence-electron chi connectivity index (χ3n) is 3.35. The Morgan fingerprint density at radius 2 is 2.00 bits per heavy atom. The van der Waals surface area contributed by atoms with E-state index in [1.807, 2.05) is 0 Å². The molecular weight excluding hydrogens is 215 g/mol. The third kappa shape index (κ3) is 5.19. The Morgan fingerprint density at radius 1 is 1.31 bits per heavy atom. The molecular formula is C12H22F3N. The normalized spacial score (nSPS) is 19.5. The average Bonchev–Trinajstić information content (AvgIpc) is 2.08. The minimum Gasteiger partial charge on any atom is -0.314 e. The maximum absolute atomic E-state index is 12.0. The number of alkyl halides is 3. The Hall–Kier alpha value is -0.250. The SMILES string of the molecule is CCCNC(CCCC(F)(F)F)C1CCC1. The van der Waals surface area contributed by atoms with E-state index in [1.165, 1.54) is 19.3 Å². The van der Waals surface area contributed by atoms with Gasteiger partial charge < -0.3 is 5.32 Å². The maximum atomic E-state index is 12.0. The molecule has 1 aliphatic carbocycles. The fraction of sp³-hybridized carbons (Fsp3) is 1.00. The van der Waals surface area contributed by atoms with E-state index < -0.39 is 12.6 Å². The second kappa shape index (κ2) is 6.48. The summed E-state index contributed by atoms with van der Waals surface area (Å²) in [5.41, 5.74) is 0. The summed E-state index contributed by atoms with van der Waals surface area (Å²) in [4.78, 5) is 0. The van der Waals surface area contributed by atoms with Gasteiger partial charge in [-0.25, -0.2) is 0 Å². The van der Waals surface area contributed by atoms with Gasteiger partial charge in [-0.05, 0) is 44.6 Å². The van der Waals surface area contributed by atoms with Gasteiger partial charge in [0.15, 0.2) is 0 Å². The zero-order valence-corrected chi connectivity index (χ0v) is 9.95. The molecule has 1 nitrogen and oxygen atoms in total. The Kier molecular flexibility index (Phi) is 5.59. The molecule has 1 aliphatic rings. The predicted molar refractivity (Wildman–Crippen MR) is 59.3 cm³/mol. The van der Waals surface area contributed by atoms with E-state index in [9.17, 15) is 13.2 Å². The minimum atomic E-state index is -3.99. The number of hydrogen-bond donors (Lipinski definition) is 1. The minimum absolute atomic E-state index is 0.265. The van der Waals surface area contributed by atoms with E-state index >= 15 is 0 Å². The van der Waals surface area contributed by atoms with Crippen molar-refractivity contribution in [2.45, 2.75) is 64.1 Å². The van der Waals surface area contributed by atoms with E-state index in [4.69, 9.17) is 0 Å². The van der Waals surface area contributed by atoms with Crippen LogP contribution in [-0.4, -0.2) is 18.8 Å². The summed E-state index contributed by atoms with van der Waals surface area (Å²) >= 11 is 0. The van der Waals surface area contributed by atoms with Gasteiger partial charge in [-0.15, -0.1) is 0 Å². The molecule has 0 heterocycles. The van der Waals surface area contributed by atoms with Gasteiger partial charge in [0.25, 0.3) is 0 Å². The first-order valence-electron chi connectivity index (χ1n) is 6.33. The van der Waals surface area contributed by atoms with Crippen LogP contribution in [0.15, 0.2) is 0 Å². The highest BCUT2D eigenvalue weighted by molar-refractivity contribution is 4.82. The molecule has 0 saturated heterocycles. The van der Waals surface area contributed by atoms with Crippen LogP contribution in [0.3, 0.4) is 0 Å². The molecule has 0 aromatic heterocycles. The van der Waals surface area contributed by atoms with Crippen LogP contribution in [0.25, 0.3) is 0 Å². The van der Waals surface area contributed by atoms with Gasteiger partial charge in [-0.1, -0.05) is 13.3 Å². The molecule has 1 atom stereocenters. The first kappa shape index (κ1) is 13.8. The summed E-state index contributed by atoms with van der Waals surface area (Å²) in [5, 5.41) is 3.39. The van der Waals surface area contributed by atoms with Crippen LogP contribution in [0.1, 0.15) is 51.9 Å². The van der Waals surface area contributed by atoms with E-state index in [0.29, 0.717) is 18.4 Å². The average molecular weight is 237 g/mol. The van der Waals surface area contributed by atoms with Gasteiger partial charge >= 0.3 is 6.18 Å². The van der Waals surface area contributed by atoms with Crippen LogP contribution in [0.2, 0.25) is 0 Å². The fourth-order valence-corrected chi connectivity index (χ4v) is 2.20. The summed E-state index contributed by atoms with van der Waals surface area (Å²) < 4.78 is 36.1. The molecule has 1 rings (SSSR count). The zero-order chi connectivity index (χ0) is 12.0. The van der Waals surface area contributed by atoms with Crippen LogP contribution in [0.4, 0.5) is 13.2 Å². The highest BCUT2D eigenvalue weighted by atomic mass is 19.4. The standard InChI is InChI=1S/C12H22F3N/c1-2-9-16-11(10-5-3-6-10)7-4-8-12(13,14)15/h10-11,16H,2-9H2,1H3. The quantitative estimate of drug-likeness (QED) is 0.708. The van der Waals surface area contributed by atoms with E-state index in [2.05, 4.69) is 12.2 Å². The Balaban J connectivity index is 2.21. The molecule has 0 spiro atoms. The van der Waals surface area contributed by atoms with Crippen molar-refractivity contribution in [2.75, 3.05) is 6.54 Å². The van der Waals surface area contributed by atoms with Crippen LogP contribution in [-0.2, 0) is 0 Å². The van der Waals surface area contributed by atoms with E-state index in [1.54, 1.807) is 0 Å². The van der Waals surface area contributed by atoms with Gasteiger partial charge in [-0.2, -0.15) is 13.2 Å². The second-order valence-corrected chi connectivity index (χ2v) is 4.76. The van der Waals surface area contributed by atoms with Gasteiger partial charge in [0, 0.05) is 12.5 Å². The van der Waals surface area contributed by atoms with Crippen molar-refractivity contribution >= 4 is 0 Å². The van der Waals surface area contributed by atoms with Crippen molar-refractivity contribution in [3.63, 3.8) is 0 Å². The first-order valence-corrected chi connectivity index (χ1v) is 6.33. The molecule has 1 saturated carbocycles. The van der Waals surface area contributed by atoms with Crippen LogP contribution in [0, 0.1) is 5.92 Å². The molecule has 1 fully saturated rings. The molecule has 0 radical (unpaired) electrons. The molecule has 1 N–H and O–H groups in total. The van der Waals surface area contributed by atoms with Crippen LogP contribution < -0.4 is 5.32 Å². The second-order valence-electron chi connectivity index (χ2n) is 4.76. The van der Waals surface area contributed by atoms with E-state index in [-0.39, 0.29) is 6.42 Å². The summed E-state index contributed by atoms with van der Waals surface area (Å²) in [6.45, 7) is 3.01. The molecule has 0 aliphatic heterocycles. The van der Waals surface area contributed by atoms with Crippen LogP contribution in [0.5, 0.6) is 0 Å². The highest BCUT2D eigenvalue weighted by Gasteiger charge is 2.30. The van der Waals surface area contributed by atoms with Crippen LogP contribution >= 0.6 is 0 Å². The van der Waals surface area contributed by atoms with Crippen molar-refractivity contribution in [3.05, 3.63) is 0 Å². The number of nitrogens with one attached hydrogen (secondary N) is 1. The van der Waals surface area contributed by atoms with Crippen molar-refractivity contribution < 1.29 is 13.2 Å². The Morgan fingerprint density at radius 3 is 2.44 bits per heavy atom. The largest absolute Gasteiger partial charge is 0.389 e. The van der Waals surface area contributed by atoms with Crippen molar-refractivity contribution in [1.82, 2.24) is 5.32 Å². The lowest BCUT2D eigenvalue weighted by molar-refractivity contribution is -0.136. The van der Waals surface area contributed by atoms with Gasteiger partial charge in [0.1, 0.15) is 0 Å². The van der Waals surface area contributed by atoms with Gasteiger partial charge in [-0.3, -0.25) is 0 Å². The molecule has 0 aromatic rings. The lowest BCUT2D eigenvalue weighted by Crippen LogP contribution is -2.40. The number of halogens is 3. The number of rotatable bonds is 7. The van der Waals surface area contributed by atoms with Crippen molar-refractivity contribution in [1.29, 1.82) is 0 Å². The Bertz CT molecular complexity index is 187. The van der Waals surface area contributed by atoms with E-state index in [0.717, 1.165) is 13.0 Å². The summed E-state index contributed by atoms with van der Waals surface area (Å²) in [7, 11) is 0. The van der Waals surface area contributed by atoms with Gasteiger partial charge in [0.05, 0.1) is 0 Å². The third-order valence-corrected chi connectivity index (χ3v) is 3.35. The molecule has 0 amide bonds. The fourth-order valence-electron chi connectivity index (χ4n) is 2.20. The molecule has 0 bridgehead atoms. The molecule has 0 aromatic carbocycles.